The molecule has 0 spiro atoms. The Morgan fingerprint density at radius 3 is 2.32 bits per heavy atom. The Hall–Kier alpha value is -2.83. The number of halogens is 2. The quantitative estimate of drug-likeness (QED) is 0.374. The van der Waals surface area contributed by atoms with Gasteiger partial charge in [0.05, 0.1) is 36.4 Å². The van der Waals surface area contributed by atoms with Crippen molar-refractivity contribution in [2.75, 3.05) is 13.0 Å². The molecule has 34 heavy (non-hydrogen) atoms. The zero-order valence-corrected chi connectivity index (χ0v) is 20.2. The van der Waals surface area contributed by atoms with Crippen LogP contribution in [0.25, 0.3) is 0 Å². The highest BCUT2D eigenvalue weighted by atomic mass is 35.5. The average Bonchev–Trinajstić information content (AvgIpc) is 2.70. The number of hydrogen-bond acceptors (Lipinski definition) is 7. The lowest BCUT2D eigenvalue weighted by Gasteiger charge is -2.34. The molecular formula is C20H25BCl2N2O9. The summed E-state index contributed by atoms with van der Waals surface area (Å²) in [6.45, 7) is 6.02. The first-order chi connectivity index (χ1) is 15.8. The molecule has 0 radical (unpaired) electrons. The molecule has 0 bridgehead atoms. The number of carbonyl (C=O) groups excluding carboxylic acids is 3. The van der Waals surface area contributed by atoms with E-state index in [1.165, 1.54) is 18.2 Å². The number of carbonyl (C=O) groups is 5. The van der Waals surface area contributed by atoms with E-state index in [9.17, 15) is 29.1 Å². The maximum atomic E-state index is 12.1. The van der Waals surface area contributed by atoms with Crippen LogP contribution in [0.3, 0.4) is 0 Å². The lowest BCUT2D eigenvalue weighted by Crippen LogP contribution is -2.57. The summed E-state index contributed by atoms with van der Waals surface area (Å²) in [5.41, 5.74) is -2.25. The van der Waals surface area contributed by atoms with Crippen LogP contribution in [0.5, 0.6) is 0 Å². The van der Waals surface area contributed by atoms with E-state index in [0.29, 0.717) is 0 Å². The van der Waals surface area contributed by atoms with Crippen LogP contribution >= 0.6 is 23.2 Å². The normalized spacial score (nSPS) is 17.2. The molecule has 186 valence electrons. The molecule has 1 unspecified atom stereocenters. The van der Waals surface area contributed by atoms with Gasteiger partial charge in [0.15, 0.2) is 5.60 Å². The number of rotatable bonds is 8. The third-order valence-electron chi connectivity index (χ3n) is 3.92. The van der Waals surface area contributed by atoms with Crippen molar-refractivity contribution in [3.63, 3.8) is 0 Å². The Balaban J connectivity index is 0.00000133. The van der Waals surface area contributed by atoms with Crippen molar-refractivity contribution in [2.45, 2.75) is 39.2 Å². The maximum Gasteiger partial charge on any atom is 0.548 e. The van der Waals surface area contributed by atoms with Crippen LogP contribution < -0.4 is 10.6 Å². The number of benzene rings is 1. The number of carboxylic acids is 2. The molecule has 0 aliphatic carbocycles. The molecule has 1 saturated heterocycles. The largest absolute Gasteiger partial charge is 0.548 e. The van der Waals surface area contributed by atoms with E-state index in [1.807, 2.05) is 0 Å². The van der Waals surface area contributed by atoms with Gasteiger partial charge in [0.25, 0.3) is 11.9 Å². The first kappa shape index (κ1) is 29.2. The van der Waals surface area contributed by atoms with Crippen molar-refractivity contribution >= 4 is 60.0 Å². The summed E-state index contributed by atoms with van der Waals surface area (Å²) in [6.07, 6.45) is -2.24. The minimum atomic E-state index is -2.31. The number of amides is 2. The summed E-state index contributed by atoms with van der Waals surface area (Å²) in [5.74, 6) is -4.68. The third-order valence-corrected chi connectivity index (χ3v) is 4.49. The van der Waals surface area contributed by atoms with E-state index in [0.717, 1.165) is 5.92 Å². The molecule has 1 aromatic rings. The molecular weight excluding hydrogens is 494 g/mol. The second-order valence-electron chi connectivity index (χ2n) is 7.93. The molecule has 2 amide bonds. The van der Waals surface area contributed by atoms with Gasteiger partial charge in [0.1, 0.15) is 0 Å². The first-order valence-electron chi connectivity index (χ1n) is 10.1. The van der Waals surface area contributed by atoms with Gasteiger partial charge in [-0.15, -0.1) is 0 Å². The molecule has 14 heteroatoms. The number of carboxylic acid groups (broad SMARTS) is 2. The van der Waals surface area contributed by atoms with E-state index >= 15 is 0 Å². The monoisotopic (exact) mass is 518 g/mol. The highest BCUT2D eigenvalue weighted by molar-refractivity contribution is 6.48. The van der Waals surface area contributed by atoms with Gasteiger partial charge in [-0.3, -0.25) is 19.2 Å². The van der Waals surface area contributed by atoms with Crippen molar-refractivity contribution in [3.8, 4) is 0 Å². The zero-order chi connectivity index (χ0) is 26.1. The summed E-state index contributed by atoms with van der Waals surface area (Å²) < 4.78 is 9.93. The minimum absolute atomic E-state index is 0.0569. The zero-order valence-electron chi connectivity index (χ0n) is 18.7. The van der Waals surface area contributed by atoms with Gasteiger partial charge in [0, 0.05) is 5.02 Å². The van der Waals surface area contributed by atoms with Crippen LogP contribution in [0.2, 0.25) is 10.0 Å². The Morgan fingerprint density at radius 2 is 1.76 bits per heavy atom. The number of aliphatic carboxylic acids is 2. The highest BCUT2D eigenvalue weighted by Gasteiger charge is 2.52. The van der Waals surface area contributed by atoms with Gasteiger partial charge < -0.3 is 30.2 Å². The topological polar surface area (TPSA) is 168 Å². The summed E-state index contributed by atoms with van der Waals surface area (Å²) in [6, 6.07) is 4.22. The summed E-state index contributed by atoms with van der Waals surface area (Å²) in [4.78, 5) is 58.1. The van der Waals surface area contributed by atoms with E-state index in [1.54, 1.807) is 0 Å². The van der Waals surface area contributed by atoms with Crippen molar-refractivity contribution in [3.05, 3.63) is 33.8 Å². The molecule has 11 nitrogen and oxygen atoms in total. The van der Waals surface area contributed by atoms with Crippen LogP contribution in [0.4, 0.5) is 0 Å². The van der Waals surface area contributed by atoms with E-state index in [4.69, 9.17) is 37.6 Å². The Morgan fingerprint density at radius 1 is 1.15 bits per heavy atom. The fraction of sp³-hybridized carbons (Fsp3) is 0.450. The molecule has 2 rings (SSSR count). The predicted octanol–water partition coefficient (Wildman–Crippen LogP) is 1.79. The maximum absolute atomic E-state index is 12.1. The molecule has 1 fully saturated rings. The van der Waals surface area contributed by atoms with Gasteiger partial charge in [-0.05, 0) is 24.1 Å². The van der Waals surface area contributed by atoms with Crippen LogP contribution in [-0.4, -0.2) is 65.6 Å². The molecule has 1 aliphatic heterocycles. The third kappa shape index (κ3) is 9.58. The van der Waals surface area contributed by atoms with Gasteiger partial charge in [-0.1, -0.05) is 44.0 Å². The molecule has 4 N–H and O–H groups in total. The molecule has 1 aliphatic rings. The summed E-state index contributed by atoms with van der Waals surface area (Å²) >= 11 is 11.7. The first-order valence-corrected chi connectivity index (χ1v) is 10.8. The number of hydrogen-bond donors (Lipinski definition) is 4. The summed E-state index contributed by atoms with van der Waals surface area (Å²) in [7, 11) is -1.52. The molecule has 1 aromatic carbocycles. The van der Waals surface area contributed by atoms with E-state index in [-0.39, 0.29) is 15.6 Å². The second kappa shape index (κ2) is 13.2. The fourth-order valence-electron chi connectivity index (χ4n) is 2.56. The van der Waals surface area contributed by atoms with Gasteiger partial charge in [-0.25, -0.2) is 4.79 Å². The molecule has 1 heterocycles. The molecule has 1 atom stereocenters. The highest BCUT2D eigenvalue weighted by Crippen LogP contribution is 2.27. The standard InChI is InChI=1S/C16H15BCl2N2O9.C4H10/c18-8-1-2-10(19)9(3-8)14(26)20-6-11(22)21-7-17-29-13(25)5-16(30-17,15(27)28)4-12(23)24;1-4(2)3/h1-3H,4-7H2,(H,20,26)(H,21,22)(H,23,24)(H,27,28);4H,1-3H3. The van der Waals surface area contributed by atoms with Gasteiger partial charge in [0.2, 0.25) is 5.91 Å². The number of nitrogens with one attached hydrogen (secondary N) is 2. The lowest BCUT2D eigenvalue weighted by molar-refractivity contribution is -0.174. The Labute approximate surface area is 206 Å². The van der Waals surface area contributed by atoms with Crippen molar-refractivity contribution in [1.29, 1.82) is 0 Å². The second-order valence-corrected chi connectivity index (χ2v) is 8.77. The van der Waals surface area contributed by atoms with Crippen molar-refractivity contribution < 1.29 is 43.5 Å². The van der Waals surface area contributed by atoms with Crippen LogP contribution in [0.15, 0.2) is 18.2 Å². The molecule has 0 saturated carbocycles. The van der Waals surface area contributed by atoms with E-state index in [2.05, 4.69) is 31.4 Å². The van der Waals surface area contributed by atoms with Crippen LogP contribution in [0, 0.1) is 5.92 Å². The van der Waals surface area contributed by atoms with Crippen LogP contribution in [0.1, 0.15) is 44.0 Å². The van der Waals surface area contributed by atoms with E-state index < -0.39 is 68.3 Å². The summed E-state index contributed by atoms with van der Waals surface area (Å²) in [5, 5.41) is 23.2. The fourth-order valence-corrected chi connectivity index (χ4v) is 2.93. The van der Waals surface area contributed by atoms with Crippen molar-refractivity contribution in [2.24, 2.45) is 5.92 Å². The Bertz CT molecular complexity index is 938. The lowest BCUT2D eigenvalue weighted by atomic mass is 9.82. The van der Waals surface area contributed by atoms with Crippen molar-refractivity contribution in [1.82, 2.24) is 10.6 Å². The molecule has 0 aromatic heterocycles. The SMILES string of the molecule is CC(C)C.O=C(O)CC1(C(=O)O)CC(=O)OB(CNC(=O)CNC(=O)c2cc(Cl)ccc2Cl)O1. The minimum Gasteiger partial charge on any atom is -0.508 e. The van der Waals surface area contributed by atoms with Crippen LogP contribution in [-0.2, 0) is 28.5 Å². The Kier molecular flexibility index (Phi) is 11.3. The predicted molar refractivity (Wildman–Crippen MR) is 122 cm³/mol. The average molecular weight is 519 g/mol. The smallest absolute Gasteiger partial charge is 0.508 e. The van der Waals surface area contributed by atoms with Gasteiger partial charge >= 0.3 is 19.1 Å². The van der Waals surface area contributed by atoms with Gasteiger partial charge in [-0.2, -0.15) is 0 Å².